The van der Waals surface area contributed by atoms with E-state index in [1.165, 1.54) is 16.7 Å². The Kier molecular flexibility index (Phi) is 4.07. The third-order valence-corrected chi connectivity index (χ3v) is 5.58. The maximum atomic E-state index is 12.6. The van der Waals surface area contributed by atoms with Gasteiger partial charge in [0.2, 0.25) is 10.0 Å². The molecule has 0 saturated carbocycles. The number of anilines is 1. The van der Waals surface area contributed by atoms with E-state index in [0.29, 0.717) is 30.6 Å². The second-order valence-electron chi connectivity index (χ2n) is 5.17. The van der Waals surface area contributed by atoms with E-state index in [1.807, 2.05) is 0 Å². The summed E-state index contributed by atoms with van der Waals surface area (Å²) in [4.78, 5) is 4.02. The molecule has 106 valence electrons. The highest BCUT2D eigenvalue weighted by Crippen LogP contribution is 2.30. The maximum Gasteiger partial charge on any atom is 0.246 e. The molecule has 1 aliphatic rings. The third-order valence-electron chi connectivity index (χ3n) is 3.69. The van der Waals surface area contributed by atoms with Gasteiger partial charge in [-0.3, -0.25) is 10.8 Å². The lowest BCUT2D eigenvalue weighted by atomic mass is 9.96. The molecule has 0 bridgehead atoms. The first-order valence-electron chi connectivity index (χ1n) is 6.37. The van der Waals surface area contributed by atoms with Crippen molar-refractivity contribution in [2.75, 3.05) is 18.5 Å². The van der Waals surface area contributed by atoms with Gasteiger partial charge in [-0.2, -0.15) is 4.31 Å². The van der Waals surface area contributed by atoms with E-state index in [-0.39, 0.29) is 4.90 Å². The van der Waals surface area contributed by atoms with Crippen LogP contribution in [0, 0.1) is 11.8 Å². The number of nitrogens with two attached hydrogens (primary N) is 1. The lowest BCUT2D eigenvalue weighted by Crippen LogP contribution is -2.30. The zero-order chi connectivity index (χ0) is 14.0. The van der Waals surface area contributed by atoms with Crippen molar-refractivity contribution in [3.8, 4) is 0 Å². The molecule has 0 amide bonds. The number of pyridine rings is 1. The first-order valence-corrected chi connectivity index (χ1v) is 7.81. The topological polar surface area (TPSA) is 88.3 Å². The first kappa shape index (κ1) is 14.2. The van der Waals surface area contributed by atoms with E-state index in [1.54, 1.807) is 6.07 Å². The first-order chi connectivity index (χ1) is 8.96. The van der Waals surface area contributed by atoms with Crippen molar-refractivity contribution in [3.63, 3.8) is 0 Å². The van der Waals surface area contributed by atoms with Gasteiger partial charge in [0.1, 0.15) is 4.90 Å². The molecule has 0 radical (unpaired) electrons. The second kappa shape index (κ2) is 5.44. The highest BCUT2D eigenvalue weighted by atomic mass is 32.2. The second-order valence-corrected chi connectivity index (χ2v) is 7.08. The Morgan fingerprint density at radius 2 is 2.26 bits per heavy atom. The number of sulfonamides is 1. The summed E-state index contributed by atoms with van der Waals surface area (Å²) in [6.07, 6.45) is 3.75. The Morgan fingerprint density at radius 3 is 2.84 bits per heavy atom. The van der Waals surface area contributed by atoms with Crippen LogP contribution in [-0.4, -0.2) is 30.8 Å². The van der Waals surface area contributed by atoms with Crippen LogP contribution >= 0.6 is 0 Å². The largest absolute Gasteiger partial charge is 0.323 e. The molecule has 7 heteroatoms. The number of nitrogens with zero attached hydrogens (tertiary/aromatic N) is 2. The predicted octanol–water partition coefficient (Wildman–Crippen LogP) is 1.03. The van der Waals surface area contributed by atoms with Gasteiger partial charge in [-0.1, -0.05) is 13.8 Å². The molecule has 6 nitrogen and oxygen atoms in total. The van der Waals surface area contributed by atoms with E-state index in [2.05, 4.69) is 24.3 Å². The average molecular weight is 284 g/mol. The van der Waals surface area contributed by atoms with Crippen LogP contribution in [0.3, 0.4) is 0 Å². The fourth-order valence-corrected chi connectivity index (χ4v) is 3.97. The molecule has 0 aliphatic carbocycles. The molecule has 1 atom stereocenters. The Morgan fingerprint density at radius 1 is 1.53 bits per heavy atom. The SMILES string of the molecule is CC(C)C1CCN(S(=O)(=O)c2cnccc2NN)C1. The minimum absolute atomic E-state index is 0.141. The third kappa shape index (κ3) is 2.72. The summed E-state index contributed by atoms with van der Waals surface area (Å²) < 4.78 is 26.7. The van der Waals surface area contributed by atoms with Crippen LogP contribution in [0.25, 0.3) is 0 Å². The summed E-state index contributed by atoms with van der Waals surface area (Å²) in [7, 11) is -3.52. The van der Waals surface area contributed by atoms with Gasteiger partial charge in [-0.05, 0) is 24.3 Å². The van der Waals surface area contributed by atoms with Crippen molar-refractivity contribution in [2.45, 2.75) is 25.2 Å². The van der Waals surface area contributed by atoms with Gasteiger partial charge in [-0.25, -0.2) is 8.42 Å². The fraction of sp³-hybridized carbons (Fsp3) is 0.583. The molecule has 3 N–H and O–H groups in total. The summed E-state index contributed by atoms with van der Waals surface area (Å²) in [6, 6.07) is 1.56. The lowest BCUT2D eigenvalue weighted by Gasteiger charge is -2.19. The zero-order valence-electron chi connectivity index (χ0n) is 11.2. The quantitative estimate of drug-likeness (QED) is 0.637. The summed E-state index contributed by atoms with van der Waals surface area (Å²) >= 11 is 0. The summed E-state index contributed by atoms with van der Waals surface area (Å²) in [5, 5.41) is 0. The van der Waals surface area contributed by atoms with Crippen LogP contribution in [0.1, 0.15) is 20.3 Å². The highest BCUT2D eigenvalue weighted by molar-refractivity contribution is 7.89. The van der Waals surface area contributed by atoms with Crippen LogP contribution in [0.15, 0.2) is 23.4 Å². The van der Waals surface area contributed by atoms with E-state index in [0.717, 1.165) is 6.42 Å². The van der Waals surface area contributed by atoms with E-state index >= 15 is 0 Å². The van der Waals surface area contributed by atoms with E-state index in [4.69, 9.17) is 5.84 Å². The number of nitrogens with one attached hydrogen (secondary N) is 1. The smallest absolute Gasteiger partial charge is 0.246 e. The molecule has 1 aliphatic heterocycles. The Balaban J connectivity index is 2.29. The standard InChI is InChI=1S/C12H20N4O2S/c1-9(2)10-4-6-16(8-10)19(17,18)12-7-14-5-3-11(12)15-13/h3,5,7,9-10H,4,6,8,13H2,1-2H3,(H,14,15). The van der Waals surface area contributed by atoms with Crippen LogP contribution in [-0.2, 0) is 10.0 Å². The minimum Gasteiger partial charge on any atom is -0.323 e. The van der Waals surface area contributed by atoms with E-state index < -0.39 is 10.0 Å². The number of aromatic nitrogens is 1. The van der Waals surface area contributed by atoms with Crippen molar-refractivity contribution in [3.05, 3.63) is 18.5 Å². The number of hydrogen-bond donors (Lipinski definition) is 2. The van der Waals surface area contributed by atoms with Gasteiger partial charge in [-0.15, -0.1) is 0 Å². The predicted molar refractivity (Wildman–Crippen MR) is 73.8 cm³/mol. The van der Waals surface area contributed by atoms with Gasteiger partial charge in [0, 0.05) is 25.5 Å². The van der Waals surface area contributed by atoms with Crippen LogP contribution in [0.2, 0.25) is 0 Å². The summed E-state index contributed by atoms with van der Waals surface area (Å²) in [5.74, 6) is 6.27. The van der Waals surface area contributed by atoms with Crippen LogP contribution in [0.4, 0.5) is 5.69 Å². The molecule has 2 heterocycles. The van der Waals surface area contributed by atoms with E-state index in [9.17, 15) is 8.42 Å². The molecular weight excluding hydrogens is 264 g/mol. The monoisotopic (exact) mass is 284 g/mol. The zero-order valence-corrected chi connectivity index (χ0v) is 12.0. The number of hydrazine groups is 1. The molecule has 1 unspecified atom stereocenters. The van der Waals surface area contributed by atoms with Gasteiger partial charge in [0.25, 0.3) is 0 Å². The average Bonchev–Trinajstić information content (AvgIpc) is 2.89. The van der Waals surface area contributed by atoms with Crippen molar-refractivity contribution in [2.24, 2.45) is 17.7 Å². The molecule has 1 aromatic rings. The van der Waals surface area contributed by atoms with Crippen molar-refractivity contribution >= 4 is 15.7 Å². The number of nitrogen functional groups attached to an aromatic ring is 1. The van der Waals surface area contributed by atoms with Gasteiger partial charge in [0.15, 0.2) is 0 Å². The highest BCUT2D eigenvalue weighted by Gasteiger charge is 2.34. The van der Waals surface area contributed by atoms with Crippen molar-refractivity contribution in [1.29, 1.82) is 0 Å². The van der Waals surface area contributed by atoms with Gasteiger partial charge < -0.3 is 5.43 Å². The molecular formula is C12H20N4O2S. The molecule has 19 heavy (non-hydrogen) atoms. The Hall–Kier alpha value is -1.18. The minimum atomic E-state index is -3.52. The molecule has 1 fully saturated rings. The molecule has 2 rings (SSSR count). The molecule has 1 aromatic heterocycles. The van der Waals surface area contributed by atoms with Crippen LogP contribution in [0.5, 0.6) is 0 Å². The lowest BCUT2D eigenvalue weighted by molar-refractivity contribution is 0.388. The Labute approximate surface area is 114 Å². The molecule has 1 saturated heterocycles. The normalized spacial score (nSPS) is 20.9. The summed E-state index contributed by atoms with van der Waals surface area (Å²) in [5.41, 5.74) is 2.79. The molecule has 0 spiro atoms. The summed E-state index contributed by atoms with van der Waals surface area (Å²) in [6.45, 7) is 5.37. The Bertz CT molecular complexity index is 544. The fourth-order valence-electron chi connectivity index (χ4n) is 2.36. The van der Waals surface area contributed by atoms with Crippen LogP contribution < -0.4 is 11.3 Å². The van der Waals surface area contributed by atoms with Gasteiger partial charge in [0.05, 0.1) is 5.69 Å². The van der Waals surface area contributed by atoms with Gasteiger partial charge >= 0.3 is 0 Å². The maximum absolute atomic E-state index is 12.6. The van der Waals surface area contributed by atoms with Crippen molar-refractivity contribution < 1.29 is 8.42 Å². The number of hydrogen-bond acceptors (Lipinski definition) is 5. The number of rotatable bonds is 4. The molecule has 0 aromatic carbocycles. The van der Waals surface area contributed by atoms with Crippen molar-refractivity contribution in [1.82, 2.24) is 9.29 Å².